The molecule has 0 spiro atoms. The Bertz CT molecular complexity index is 1000. The minimum atomic E-state index is -1.14. The van der Waals surface area contributed by atoms with Crippen LogP contribution in [0, 0.1) is 5.82 Å². The standard InChI is InChI=1S/C17H13ClFN5O3/c1-27-15-9-14(13(18)8-12(15)17(25)26)20-7-6-16-21-22-23-24(16)11-4-2-10(19)3-5-11/h2-9,20H,1H3,(H,25,26). The van der Waals surface area contributed by atoms with Crippen molar-refractivity contribution in [1.82, 2.24) is 20.2 Å². The lowest BCUT2D eigenvalue weighted by Gasteiger charge is -2.10. The van der Waals surface area contributed by atoms with E-state index in [0.717, 1.165) is 0 Å². The van der Waals surface area contributed by atoms with Gasteiger partial charge in [-0.3, -0.25) is 0 Å². The lowest BCUT2D eigenvalue weighted by Crippen LogP contribution is -2.02. The minimum absolute atomic E-state index is 0.0442. The molecule has 0 aliphatic carbocycles. The van der Waals surface area contributed by atoms with Gasteiger partial charge >= 0.3 is 5.97 Å². The molecule has 10 heteroatoms. The summed E-state index contributed by atoms with van der Waals surface area (Å²) < 4.78 is 19.5. The van der Waals surface area contributed by atoms with Crippen LogP contribution in [0.15, 0.2) is 42.6 Å². The smallest absolute Gasteiger partial charge is 0.339 e. The molecule has 0 aliphatic rings. The fourth-order valence-corrected chi connectivity index (χ4v) is 2.49. The number of carbonyl (C=O) groups is 1. The van der Waals surface area contributed by atoms with Crippen molar-refractivity contribution in [3.63, 3.8) is 0 Å². The Morgan fingerprint density at radius 1 is 1.33 bits per heavy atom. The SMILES string of the molecule is COc1cc(NC=Cc2nnnn2-c2ccc(F)cc2)c(Cl)cc1C(=O)O. The van der Waals surface area contributed by atoms with Gasteiger partial charge in [-0.05, 0) is 40.8 Å². The average molecular weight is 390 g/mol. The summed E-state index contributed by atoms with van der Waals surface area (Å²) in [4.78, 5) is 11.2. The predicted molar refractivity (Wildman–Crippen MR) is 96.7 cm³/mol. The van der Waals surface area contributed by atoms with Crippen LogP contribution in [-0.4, -0.2) is 38.4 Å². The second-order valence-corrected chi connectivity index (χ2v) is 5.65. The maximum Gasteiger partial charge on any atom is 0.339 e. The molecule has 2 N–H and O–H groups in total. The number of halogens is 2. The second-order valence-electron chi connectivity index (χ2n) is 5.24. The van der Waals surface area contributed by atoms with Crippen LogP contribution in [0.4, 0.5) is 10.1 Å². The first kappa shape index (κ1) is 18.3. The highest BCUT2D eigenvalue weighted by molar-refractivity contribution is 6.33. The van der Waals surface area contributed by atoms with Crippen LogP contribution in [0.3, 0.4) is 0 Å². The van der Waals surface area contributed by atoms with Gasteiger partial charge in [0.1, 0.15) is 17.1 Å². The number of carboxylic acids is 1. The van der Waals surface area contributed by atoms with Gasteiger partial charge in [0.05, 0.1) is 23.5 Å². The molecule has 0 aliphatic heterocycles. The van der Waals surface area contributed by atoms with Gasteiger partial charge in [0.2, 0.25) is 0 Å². The normalized spacial score (nSPS) is 10.9. The van der Waals surface area contributed by atoms with Crippen LogP contribution < -0.4 is 10.1 Å². The first-order valence-electron chi connectivity index (χ1n) is 7.58. The van der Waals surface area contributed by atoms with Crippen LogP contribution in [-0.2, 0) is 0 Å². The average Bonchev–Trinajstić information content (AvgIpc) is 3.11. The van der Waals surface area contributed by atoms with Crippen LogP contribution in [0.2, 0.25) is 5.02 Å². The molecule has 2 aromatic carbocycles. The number of ether oxygens (including phenoxy) is 1. The summed E-state index contributed by atoms with van der Waals surface area (Å²) in [7, 11) is 1.37. The summed E-state index contributed by atoms with van der Waals surface area (Å²) in [5.41, 5.74) is 0.986. The van der Waals surface area contributed by atoms with Crippen molar-refractivity contribution in [2.75, 3.05) is 12.4 Å². The Labute approximate surface area is 157 Å². The van der Waals surface area contributed by atoms with E-state index in [-0.39, 0.29) is 22.2 Å². The Kier molecular flexibility index (Phi) is 5.32. The monoisotopic (exact) mass is 389 g/mol. The molecule has 0 fully saturated rings. The quantitative estimate of drug-likeness (QED) is 0.667. The number of hydrogen-bond acceptors (Lipinski definition) is 6. The molecular formula is C17H13ClFN5O3. The highest BCUT2D eigenvalue weighted by atomic mass is 35.5. The number of carboxylic acid groups (broad SMARTS) is 1. The summed E-state index contributed by atoms with van der Waals surface area (Å²) in [6, 6.07) is 8.46. The number of nitrogens with zero attached hydrogens (tertiary/aromatic N) is 4. The van der Waals surface area contributed by atoms with Gasteiger partial charge in [0.25, 0.3) is 0 Å². The first-order valence-corrected chi connectivity index (χ1v) is 7.95. The fraction of sp³-hybridized carbons (Fsp3) is 0.0588. The molecule has 0 saturated carbocycles. The zero-order valence-corrected chi connectivity index (χ0v) is 14.7. The topological polar surface area (TPSA) is 102 Å². The summed E-state index contributed by atoms with van der Waals surface area (Å²) in [6.07, 6.45) is 3.12. The molecule has 27 heavy (non-hydrogen) atoms. The van der Waals surface area contributed by atoms with Gasteiger partial charge in [-0.15, -0.1) is 5.10 Å². The molecule has 1 heterocycles. The molecule has 3 rings (SSSR count). The van der Waals surface area contributed by atoms with Gasteiger partial charge in [-0.2, -0.15) is 4.68 Å². The molecule has 0 radical (unpaired) electrons. The zero-order chi connectivity index (χ0) is 19.4. The maximum absolute atomic E-state index is 13.1. The number of tetrazole rings is 1. The number of benzene rings is 2. The lowest BCUT2D eigenvalue weighted by atomic mass is 10.2. The van der Waals surface area contributed by atoms with E-state index in [1.165, 1.54) is 42.3 Å². The summed E-state index contributed by atoms with van der Waals surface area (Å²) in [5.74, 6) is -0.952. The van der Waals surface area contributed by atoms with Crippen molar-refractivity contribution >= 4 is 29.3 Å². The number of aromatic nitrogens is 4. The van der Waals surface area contributed by atoms with Gasteiger partial charge < -0.3 is 15.2 Å². The number of rotatable bonds is 6. The molecule has 138 valence electrons. The van der Waals surface area contributed by atoms with Crippen molar-refractivity contribution < 1.29 is 19.0 Å². The van der Waals surface area contributed by atoms with Gasteiger partial charge in [-0.1, -0.05) is 11.6 Å². The fourth-order valence-electron chi connectivity index (χ4n) is 2.27. The van der Waals surface area contributed by atoms with Crippen LogP contribution >= 0.6 is 11.6 Å². The van der Waals surface area contributed by atoms with E-state index in [9.17, 15) is 9.18 Å². The third kappa shape index (κ3) is 4.04. The van der Waals surface area contributed by atoms with Crippen LogP contribution in [0.5, 0.6) is 5.75 Å². The number of nitrogens with one attached hydrogen (secondary N) is 1. The van der Waals surface area contributed by atoms with Gasteiger partial charge in [0, 0.05) is 18.3 Å². The van der Waals surface area contributed by atoms with Gasteiger partial charge in [0.15, 0.2) is 5.82 Å². The summed E-state index contributed by atoms with van der Waals surface area (Å²) >= 11 is 6.11. The third-order valence-electron chi connectivity index (χ3n) is 3.56. The molecule has 0 saturated heterocycles. The van der Waals surface area contributed by atoms with Crippen molar-refractivity contribution in [1.29, 1.82) is 0 Å². The lowest BCUT2D eigenvalue weighted by molar-refractivity contribution is 0.0693. The minimum Gasteiger partial charge on any atom is -0.496 e. The number of anilines is 1. The van der Waals surface area contributed by atoms with E-state index in [1.54, 1.807) is 18.2 Å². The molecular weight excluding hydrogens is 377 g/mol. The van der Waals surface area contributed by atoms with Gasteiger partial charge in [-0.25, -0.2) is 9.18 Å². The highest BCUT2D eigenvalue weighted by Crippen LogP contribution is 2.31. The largest absolute Gasteiger partial charge is 0.496 e. The molecule has 3 aromatic rings. The van der Waals surface area contributed by atoms with Crippen molar-refractivity contribution in [3.8, 4) is 11.4 Å². The maximum atomic E-state index is 13.1. The van der Waals surface area contributed by atoms with Crippen molar-refractivity contribution in [2.45, 2.75) is 0 Å². The zero-order valence-electron chi connectivity index (χ0n) is 13.9. The van der Waals surface area contributed by atoms with Crippen LogP contribution in [0.1, 0.15) is 16.2 Å². The van der Waals surface area contributed by atoms with E-state index in [1.807, 2.05) is 0 Å². The molecule has 0 bridgehead atoms. The number of methoxy groups -OCH3 is 1. The Morgan fingerprint density at radius 3 is 2.74 bits per heavy atom. The molecule has 8 nitrogen and oxygen atoms in total. The molecule has 0 atom stereocenters. The van der Waals surface area contributed by atoms with Crippen molar-refractivity contribution in [3.05, 3.63) is 64.8 Å². The van der Waals surface area contributed by atoms with E-state index in [4.69, 9.17) is 21.4 Å². The summed E-state index contributed by atoms with van der Waals surface area (Å²) in [6.45, 7) is 0. The third-order valence-corrected chi connectivity index (χ3v) is 3.87. The highest BCUT2D eigenvalue weighted by Gasteiger charge is 2.14. The Hall–Kier alpha value is -3.46. The summed E-state index contributed by atoms with van der Waals surface area (Å²) in [5, 5.41) is 23.6. The number of hydrogen-bond donors (Lipinski definition) is 2. The molecule has 0 amide bonds. The predicted octanol–water partition coefficient (Wildman–Crippen LogP) is 3.24. The Balaban J connectivity index is 1.82. The van der Waals surface area contributed by atoms with E-state index in [2.05, 4.69) is 20.8 Å². The second kappa shape index (κ2) is 7.83. The molecule has 1 aromatic heterocycles. The molecule has 0 unspecified atom stereocenters. The Morgan fingerprint density at radius 2 is 2.07 bits per heavy atom. The van der Waals surface area contributed by atoms with E-state index in [0.29, 0.717) is 17.2 Å². The van der Waals surface area contributed by atoms with Crippen LogP contribution in [0.25, 0.3) is 11.8 Å². The number of aromatic carboxylic acids is 1. The van der Waals surface area contributed by atoms with E-state index < -0.39 is 5.97 Å². The van der Waals surface area contributed by atoms with Crippen molar-refractivity contribution in [2.24, 2.45) is 0 Å². The van der Waals surface area contributed by atoms with E-state index >= 15 is 0 Å². The first-order chi connectivity index (χ1) is 13.0.